The van der Waals surface area contributed by atoms with Crippen molar-refractivity contribution in [2.45, 2.75) is 20.8 Å². The fraction of sp³-hybridized carbons (Fsp3) is 0.263. The third kappa shape index (κ3) is 4.84. The fourth-order valence-corrected chi connectivity index (χ4v) is 2.45. The molecule has 1 amide bonds. The monoisotopic (exact) mass is 326 g/mol. The Balaban J connectivity index is 2.00. The standard InChI is InChI=1S/C19H22N2O3/c1-4-24-19(23)16-7-5-6-8-17(16)20-12-18(22)21-15-10-13(2)9-14(3)11-15/h5-11,20H,4,12H2,1-3H3,(H,21,22). The quantitative estimate of drug-likeness (QED) is 0.797. The second kappa shape index (κ2) is 8.15. The van der Waals surface area contributed by atoms with Gasteiger partial charge in [0.15, 0.2) is 0 Å². The van der Waals surface area contributed by atoms with Gasteiger partial charge in [0.05, 0.1) is 18.7 Å². The summed E-state index contributed by atoms with van der Waals surface area (Å²) in [6.45, 7) is 6.09. The smallest absolute Gasteiger partial charge is 0.340 e. The van der Waals surface area contributed by atoms with Crippen molar-refractivity contribution in [2.24, 2.45) is 0 Å². The molecule has 0 atom stereocenters. The van der Waals surface area contributed by atoms with Gasteiger partial charge in [0.25, 0.3) is 0 Å². The van der Waals surface area contributed by atoms with Crippen LogP contribution in [-0.4, -0.2) is 25.0 Å². The van der Waals surface area contributed by atoms with E-state index in [1.165, 1.54) is 0 Å². The summed E-state index contributed by atoms with van der Waals surface area (Å²) in [5, 5.41) is 5.84. The molecule has 5 heteroatoms. The predicted octanol–water partition coefficient (Wildman–Crippen LogP) is 3.53. The zero-order valence-corrected chi connectivity index (χ0v) is 14.2. The van der Waals surface area contributed by atoms with Crippen LogP contribution in [0.4, 0.5) is 11.4 Å². The Morgan fingerprint density at radius 1 is 1.04 bits per heavy atom. The van der Waals surface area contributed by atoms with Crippen LogP contribution in [-0.2, 0) is 9.53 Å². The van der Waals surface area contributed by atoms with Gasteiger partial charge < -0.3 is 15.4 Å². The van der Waals surface area contributed by atoms with Crippen LogP contribution in [0.15, 0.2) is 42.5 Å². The molecular formula is C19H22N2O3. The zero-order chi connectivity index (χ0) is 17.5. The van der Waals surface area contributed by atoms with E-state index in [1.807, 2.05) is 32.0 Å². The highest BCUT2D eigenvalue weighted by Gasteiger charge is 2.12. The molecule has 2 N–H and O–H groups in total. The molecule has 2 rings (SSSR count). The van der Waals surface area contributed by atoms with Crippen LogP contribution in [0.5, 0.6) is 0 Å². The van der Waals surface area contributed by atoms with Crippen LogP contribution in [0.25, 0.3) is 0 Å². The molecule has 5 nitrogen and oxygen atoms in total. The van der Waals surface area contributed by atoms with E-state index in [9.17, 15) is 9.59 Å². The molecule has 0 aliphatic heterocycles. The maximum atomic E-state index is 12.1. The highest BCUT2D eigenvalue weighted by atomic mass is 16.5. The van der Waals surface area contributed by atoms with Crippen molar-refractivity contribution in [3.63, 3.8) is 0 Å². The van der Waals surface area contributed by atoms with Gasteiger partial charge in [-0.3, -0.25) is 4.79 Å². The molecule has 0 fully saturated rings. The minimum Gasteiger partial charge on any atom is -0.462 e. The van der Waals surface area contributed by atoms with E-state index in [2.05, 4.69) is 10.6 Å². The molecule has 0 aliphatic rings. The third-order valence-corrected chi connectivity index (χ3v) is 3.37. The molecule has 0 aromatic heterocycles. The van der Waals surface area contributed by atoms with E-state index in [-0.39, 0.29) is 12.5 Å². The van der Waals surface area contributed by atoms with Gasteiger partial charge in [0.2, 0.25) is 5.91 Å². The zero-order valence-electron chi connectivity index (χ0n) is 14.2. The molecule has 2 aromatic rings. The second-order valence-electron chi connectivity index (χ2n) is 5.54. The number of amides is 1. The lowest BCUT2D eigenvalue weighted by Gasteiger charge is -2.12. The van der Waals surface area contributed by atoms with Gasteiger partial charge in [-0.2, -0.15) is 0 Å². The van der Waals surface area contributed by atoms with Gasteiger partial charge in [-0.05, 0) is 56.2 Å². The first-order chi connectivity index (χ1) is 11.5. The minimum absolute atomic E-state index is 0.0589. The molecule has 0 bridgehead atoms. The molecule has 126 valence electrons. The highest BCUT2D eigenvalue weighted by molar-refractivity contribution is 5.98. The van der Waals surface area contributed by atoms with Crippen LogP contribution < -0.4 is 10.6 Å². The van der Waals surface area contributed by atoms with Crippen molar-refractivity contribution >= 4 is 23.3 Å². The Morgan fingerprint density at radius 3 is 2.38 bits per heavy atom. The normalized spacial score (nSPS) is 10.1. The van der Waals surface area contributed by atoms with Crippen LogP contribution in [0.2, 0.25) is 0 Å². The van der Waals surface area contributed by atoms with Crippen LogP contribution in [0, 0.1) is 13.8 Å². The van der Waals surface area contributed by atoms with Crippen LogP contribution in [0.3, 0.4) is 0 Å². The summed E-state index contributed by atoms with van der Waals surface area (Å²) in [5.41, 5.74) is 3.93. The number of hydrogen-bond acceptors (Lipinski definition) is 4. The Kier molecular flexibility index (Phi) is 5.95. The molecule has 0 heterocycles. The summed E-state index contributed by atoms with van der Waals surface area (Å²) in [6.07, 6.45) is 0. The van der Waals surface area contributed by atoms with E-state index in [0.717, 1.165) is 16.8 Å². The predicted molar refractivity (Wildman–Crippen MR) is 95.4 cm³/mol. The van der Waals surface area contributed by atoms with E-state index in [0.29, 0.717) is 17.9 Å². The lowest BCUT2D eigenvalue weighted by molar-refractivity contribution is -0.114. The molecule has 0 radical (unpaired) electrons. The van der Waals surface area contributed by atoms with Crippen LogP contribution >= 0.6 is 0 Å². The lowest BCUT2D eigenvalue weighted by Crippen LogP contribution is -2.23. The summed E-state index contributed by atoms with van der Waals surface area (Å²) in [5.74, 6) is -0.589. The lowest BCUT2D eigenvalue weighted by atomic mass is 10.1. The van der Waals surface area contributed by atoms with Gasteiger partial charge in [-0.25, -0.2) is 4.79 Å². The van der Waals surface area contributed by atoms with Crippen LogP contribution in [0.1, 0.15) is 28.4 Å². The van der Waals surface area contributed by atoms with E-state index >= 15 is 0 Å². The number of nitrogens with one attached hydrogen (secondary N) is 2. The molecular weight excluding hydrogens is 304 g/mol. The number of carbonyl (C=O) groups is 2. The summed E-state index contributed by atoms with van der Waals surface area (Å²) >= 11 is 0. The molecule has 0 unspecified atom stereocenters. The fourth-order valence-electron chi connectivity index (χ4n) is 2.45. The van der Waals surface area contributed by atoms with Gasteiger partial charge in [0, 0.05) is 11.4 Å². The minimum atomic E-state index is -0.407. The third-order valence-electron chi connectivity index (χ3n) is 3.37. The average molecular weight is 326 g/mol. The first kappa shape index (κ1) is 17.5. The number of aryl methyl sites for hydroxylation is 2. The molecule has 2 aromatic carbocycles. The van der Waals surface area contributed by atoms with Crippen molar-refractivity contribution < 1.29 is 14.3 Å². The SMILES string of the molecule is CCOC(=O)c1ccccc1NCC(=O)Nc1cc(C)cc(C)c1. The molecule has 24 heavy (non-hydrogen) atoms. The Morgan fingerprint density at radius 2 is 1.71 bits per heavy atom. The van der Waals surface area contributed by atoms with Gasteiger partial charge in [0.1, 0.15) is 0 Å². The number of benzene rings is 2. The maximum Gasteiger partial charge on any atom is 0.340 e. The maximum absolute atomic E-state index is 12.1. The molecule has 0 saturated heterocycles. The van der Waals surface area contributed by atoms with Crippen molar-refractivity contribution in [3.05, 3.63) is 59.2 Å². The topological polar surface area (TPSA) is 67.4 Å². The summed E-state index contributed by atoms with van der Waals surface area (Å²) in [4.78, 5) is 24.0. The first-order valence-corrected chi connectivity index (χ1v) is 7.87. The Hall–Kier alpha value is -2.82. The molecule has 0 spiro atoms. The molecule has 0 saturated carbocycles. The van der Waals surface area contributed by atoms with Gasteiger partial charge >= 0.3 is 5.97 Å². The van der Waals surface area contributed by atoms with E-state index in [4.69, 9.17) is 4.74 Å². The number of rotatable bonds is 6. The number of esters is 1. The number of hydrogen-bond donors (Lipinski definition) is 2. The highest BCUT2D eigenvalue weighted by Crippen LogP contribution is 2.17. The first-order valence-electron chi connectivity index (χ1n) is 7.87. The van der Waals surface area contributed by atoms with Crippen molar-refractivity contribution in [3.8, 4) is 0 Å². The van der Waals surface area contributed by atoms with Gasteiger partial charge in [-0.15, -0.1) is 0 Å². The Labute approximate surface area is 142 Å². The largest absolute Gasteiger partial charge is 0.462 e. The van der Waals surface area contributed by atoms with Crippen molar-refractivity contribution in [1.29, 1.82) is 0 Å². The second-order valence-corrected chi connectivity index (χ2v) is 5.54. The number of anilines is 2. The number of ether oxygens (including phenoxy) is 1. The molecule has 0 aliphatic carbocycles. The van der Waals surface area contributed by atoms with E-state index < -0.39 is 5.97 Å². The Bertz CT molecular complexity index is 721. The number of para-hydroxylation sites is 1. The van der Waals surface area contributed by atoms with Crippen molar-refractivity contribution in [1.82, 2.24) is 0 Å². The van der Waals surface area contributed by atoms with Gasteiger partial charge in [-0.1, -0.05) is 18.2 Å². The number of carbonyl (C=O) groups excluding carboxylic acids is 2. The average Bonchev–Trinajstić information content (AvgIpc) is 2.52. The van der Waals surface area contributed by atoms with Crippen molar-refractivity contribution in [2.75, 3.05) is 23.8 Å². The summed E-state index contributed by atoms with van der Waals surface area (Å²) < 4.78 is 5.02. The summed E-state index contributed by atoms with van der Waals surface area (Å²) in [7, 11) is 0. The summed E-state index contributed by atoms with van der Waals surface area (Å²) in [6, 6.07) is 12.8. The van der Waals surface area contributed by atoms with E-state index in [1.54, 1.807) is 31.2 Å².